The normalized spacial score (nSPS) is 11.6. The summed E-state index contributed by atoms with van der Waals surface area (Å²) in [5, 5.41) is 4.95. The van der Waals surface area contributed by atoms with Crippen molar-refractivity contribution in [1.82, 2.24) is 9.80 Å². The zero-order valence-electron chi connectivity index (χ0n) is 18.3. The van der Waals surface area contributed by atoms with Crippen LogP contribution in [0.15, 0.2) is 76.6 Å². The van der Waals surface area contributed by atoms with E-state index in [1.54, 1.807) is 16.2 Å². The molecule has 0 aliphatic rings. The summed E-state index contributed by atoms with van der Waals surface area (Å²) in [5.74, 6) is -0.0789. The Balaban J connectivity index is 1.77. The van der Waals surface area contributed by atoms with Gasteiger partial charge in [-0.05, 0) is 58.4 Å². The second-order valence-corrected chi connectivity index (χ2v) is 9.50. The van der Waals surface area contributed by atoms with E-state index >= 15 is 0 Å². The number of rotatable bonds is 9. The molecule has 1 unspecified atom stereocenters. The third-order valence-electron chi connectivity index (χ3n) is 5.30. The first kappa shape index (κ1) is 24.0. The predicted molar refractivity (Wildman–Crippen MR) is 135 cm³/mol. The number of nitrogens with zero attached hydrogens (tertiary/aromatic N) is 2. The molecule has 0 fully saturated rings. The highest BCUT2D eigenvalue weighted by molar-refractivity contribution is 9.10. The van der Waals surface area contributed by atoms with E-state index in [-0.39, 0.29) is 24.5 Å². The number of hydrogen-bond acceptors (Lipinski definition) is 3. The van der Waals surface area contributed by atoms with Gasteiger partial charge in [-0.1, -0.05) is 55.5 Å². The molecule has 5 nitrogen and oxygen atoms in total. The minimum Gasteiger partial charge on any atom is -0.332 e. The first-order chi connectivity index (χ1) is 15.5. The minimum absolute atomic E-state index is 0.0174. The second-order valence-electron chi connectivity index (χ2n) is 7.61. The molecule has 0 bridgehead atoms. The number of amides is 3. The lowest BCUT2D eigenvalue weighted by atomic mass is 10.2. The van der Waals surface area contributed by atoms with Crippen molar-refractivity contribution < 1.29 is 9.59 Å². The van der Waals surface area contributed by atoms with Gasteiger partial charge in [0.15, 0.2) is 0 Å². The van der Waals surface area contributed by atoms with E-state index in [0.29, 0.717) is 18.8 Å². The molecule has 2 aromatic carbocycles. The number of hydrogen-bond donors (Lipinski definition) is 1. The molecule has 1 aromatic heterocycles. The molecule has 3 amide bonds. The maximum Gasteiger partial charge on any atom is 0.322 e. The zero-order valence-corrected chi connectivity index (χ0v) is 20.7. The van der Waals surface area contributed by atoms with Gasteiger partial charge in [0, 0.05) is 21.9 Å². The number of benzene rings is 2. The first-order valence-corrected chi connectivity index (χ1v) is 12.3. The van der Waals surface area contributed by atoms with Crippen LogP contribution in [0.4, 0.5) is 10.5 Å². The van der Waals surface area contributed by atoms with E-state index in [4.69, 9.17) is 0 Å². The molecular weight excluding hydrogens is 486 g/mol. The maximum atomic E-state index is 13.4. The van der Waals surface area contributed by atoms with Crippen LogP contribution >= 0.6 is 27.3 Å². The molecule has 1 N–H and O–H groups in total. The van der Waals surface area contributed by atoms with Crippen molar-refractivity contribution in [3.05, 3.63) is 87.0 Å². The van der Waals surface area contributed by atoms with E-state index < -0.39 is 0 Å². The monoisotopic (exact) mass is 513 g/mol. The SMILES string of the molecule is CCC(C)N(CC(=O)N(Cc1ccccc1)Cc1cccs1)C(=O)Nc1ccccc1Br. The number of thiophene rings is 1. The van der Waals surface area contributed by atoms with Gasteiger partial charge in [-0.15, -0.1) is 11.3 Å². The Morgan fingerprint density at radius 3 is 2.38 bits per heavy atom. The number of anilines is 1. The number of carbonyl (C=O) groups is 2. The fourth-order valence-electron chi connectivity index (χ4n) is 3.27. The van der Waals surface area contributed by atoms with E-state index in [0.717, 1.165) is 21.3 Å². The predicted octanol–water partition coefficient (Wildman–Crippen LogP) is 6.37. The third-order valence-corrected chi connectivity index (χ3v) is 6.85. The van der Waals surface area contributed by atoms with Gasteiger partial charge < -0.3 is 15.1 Å². The molecule has 0 radical (unpaired) electrons. The molecule has 0 saturated heterocycles. The minimum atomic E-state index is -0.282. The van der Waals surface area contributed by atoms with Gasteiger partial charge in [0.25, 0.3) is 0 Å². The second kappa shape index (κ2) is 11.8. The zero-order chi connectivity index (χ0) is 22.9. The molecule has 0 saturated carbocycles. The molecule has 168 valence electrons. The largest absolute Gasteiger partial charge is 0.332 e. The van der Waals surface area contributed by atoms with Crippen LogP contribution in [0.1, 0.15) is 30.7 Å². The van der Waals surface area contributed by atoms with Crippen molar-refractivity contribution >= 4 is 44.9 Å². The number of para-hydroxylation sites is 1. The molecule has 0 aliphatic heterocycles. The Bertz CT molecular complexity index is 1010. The Morgan fingerprint density at radius 1 is 1.00 bits per heavy atom. The average Bonchev–Trinajstić information content (AvgIpc) is 3.31. The summed E-state index contributed by atoms with van der Waals surface area (Å²) in [7, 11) is 0. The van der Waals surface area contributed by atoms with Crippen LogP contribution < -0.4 is 5.32 Å². The Hall–Kier alpha value is -2.64. The van der Waals surface area contributed by atoms with Gasteiger partial charge in [-0.2, -0.15) is 0 Å². The molecule has 3 aromatic rings. The molecule has 1 atom stereocenters. The van der Waals surface area contributed by atoms with E-state index in [1.165, 1.54) is 0 Å². The van der Waals surface area contributed by atoms with Crippen LogP contribution in [-0.4, -0.2) is 34.3 Å². The first-order valence-electron chi connectivity index (χ1n) is 10.6. The third kappa shape index (κ3) is 6.68. The van der Waals surface area contributed by atoms with Crippen molar-refractivity contribution in [2.24, 2.45) is 0 Å². The van der Waals surface area contributed by atoms with E-state index in [9.17, 15) is 9.59 Å². The fourth-order valence-corrected chi connectivity index (χ4v) is 4.37. The van der Waals surface area contributed by atoms with Crippen LogP contribution in [0, 0.1) is 0 Å². The molecule has 7 heteroatoms. The summed E-state index contributed by atoms with van der Waals surface area (Å²) in [6.07, 6.45) is 0.750. The molecule has 3 rings (SSSR count). The van der Waals surface area contributed by atoms with Gasteiger partial charge >= 0.3 is 6.03 Å². The highest BCUT2D eigenvalue weighted by Crippen LogP contribution is 2.22. The molecule has 32 heavy (non-hydrogen) atoms. The summed E-state index contributed by atoms with van der Waals surface area (Å²) in [6.45, 7) is 5.02. The number of halogens is 1. The lowest BCUT2D eigenvalue weighted by molar-refractivity contribution is -0.133. The van der Waals surface area contributed by atoms with Gasteiger partial charge in [0.05, 0.1) is 12.2 Å². The smallest absolute Gasteiger partial charge is 0.322 e. The number of carbonyl (C=O) groups excluding carboxylic acids is 2. The standard InChI is InChI=1S/C25H28BrN3O2S/c1-3-19(2)29(25(31)27-23-14-8-7-13-22(23)26)18-24(30)28(17-21-12-9-15-32-21)16-20-10-5-4-6-11-20/h4-15,19H,3,16-18H2,1-2H3,(H,27,31). The summed E-state index contributed by atoms with van der Waals surface area (Å²) in [4.78, 5) is 31.1. The van der Waals surface area contributed by atoms with Gasteiger partial charge in [-0.25, -0.2) is 4.79 Å². The maximum absolute atomic E-state index is 13.4. The molecule has 0 spiro atoms. The number of nitrogens with one attached hydrogen (secondary N) is 1. The summed E-state index contributed by atoms with van der Waals surface area (Å²) in [6, 6.07) is 21.0. The fraction of sp³-hybridized carbons (Fsp3) is 0.280. The quantitative estimate of drug-likeness (QED) is 0.361. The average molecular weight is 514 g/mol. The van der Waals surface area contributed by atoms with Crippen LogP contribution in [0.5, 0.6) is 0 Å². The van der Waals surface area contributed by atoms with Gasteiger partial charge in [-0.3, -0.25) is 4.79 Å². The van der Waals surface area contributed by atoms with Crippen molar-refractivity contribution in [3.8, 4) is 0 Å². The topological polar surface area (TPSA) is 52.7 Å². The van der Waals surface area contributed by atoms with Crippen molar-refractivity contribution in [1.29, 1.82) is 0 Å². The highest BCUT2D eigenvalue weighted by atomic mass is 79.9. The lowest BCUT2D eigenvalue weighted by Gasteiger charge is -2.31. The van der Waals surface area contributed by atoms with E-state index in [2.05, 4.69) is 21.2 Å². The van der Waals surface area contributed by atoms with Gasteiger partial charge in [0.1, 0.15) is 6.54 Å². The lowest BCUT2D eigenvalue weighted by Crippen LogP contribution is -2.47. The summed E-state index contributed by atoms with van der Waals surface area (Å²) < 4.78 is 0.798. The van der Waals surface area contributed by atoms with Crippen LogP contribution in [0.2, 0.25) is 0 Å². The molecule has 1 heterocycles. The Kier molecular flexibility index (Phi) is 8.88. The van der Waals surface area contributed by atoms with Crippen molar-refractivity contribution in [3.63, 3.8) is 0 Å². The Labute approximate surface area is 202 Å². The summed E-state index contributed by atoms with van der Waals surface area (Å²) in [5.41, 5.74) is 1.74. The summed E-state index contributed by atoms with van der Waals surface area (Å²) >= 11 is 5.09. The molecular formula is C25H28BrN3O2S. The van der Waals surface area contributed by atoms with E-state index in [1.807, 2.05) is 90.9 Å². The number of urea groups is 1. The van der Waals surface area contributed by atoms with Crippen LogP contribution in [0.25, 0.3) is 0 Å². The Morgan fingerprint density at radius 2 is 1.72 bits per heavy atom. The van der Waals surface area contributed by atoms with Crippen molar-refractivity contribution in [2.75, 3.05) is 11.9 Å². The molecule has 0 aliphatic carbocycles. The van der Waals surface area contributed by atoms with Crippen LogP contribution in [-0.2, 0) is 17.9 Å². The highest BCUT2D eigenvalue weighted by Gasteiger charge is 2.25. The van der Waals surface area contributed by atoms with Gasteiger partial charge in [0.2, 0.25) is 5.91 Å². The van der Waals surface area contributed by atoms with Crippen LogP contribution in [0.3, 0.4) is 0 Å². The van der Waals surface area contributed by atoms with Crippen molar-refractivity contribution in [2.45, 2.75) is 39.4 Å².